The first kappa shape index (κ1) is 80.7. The second kappa shape index (κ2) is 65.7. The lowest BCUT2D eigenvalue weighted by atomic mass is 10.0. The summed E-state index contributed by atoms with van der Waals surface area (Å²) in [6, 6.07) is 0. The molecule has 0 heterocycles. The minimum atomic E-state index is -1.52. The molecule has 0 aromatic rings. The van der Waals surface area contributed by atoms with Crippen LogP contribution in [0.3, 0.4) is 0 Å². The molecule has 2 atom stereocenters. The molecule has 85 heavy (non-hydrogen) atoms. The van der Waals surface area contributed by atoms with Crippen LogP contribution in [0.25, 0.3) is 0 Å². The molecular formula is C76H130NO8+. The van der Waals surface area contributed by atoms with Gasteiger partial charge >= 0.3 is 17.9 Å². The summed E-state index contributed by atoms with van der Waals surface area (Å²) in [5.41, 5.74) is 0. The number of allylic oxidation sites excluding steroid dienone is 20. The molecule has 0 aliphatic rings. The molecule has 0 aromatic heterocycles. The van der Waals surface area contributed by atoms with Crippen molar-refractivity contribution in [1.82, 2.24) is 0 Å². The Morgan fingerprint density at radius 3 is 0.941 bits per heavy atom. The zero-order valence-electron chi connectivity index (χ0n) is 55.5. The Balaban J connectivity index is 4.09. The maximum Gasteiger partial charge on any atom is 0.361 e. The number of rotatable bonds is 63. The summed E-state index contributed by atoms with van der Waals surface area (Å²) in [6.45, 7) is 4.66. The summed E-state index contributed by atoms with van der Waals surface area (Å²) < 4.78 is 23.0. The van der Waals surface area contributed by atoms with E-state index in [0.717, 1.165) is 109 Å². The van der Waals surface area contributed by atoms with Gasteiger partial charge in [0.05, 0.1) is 34.4 Å². The fraction of sp³-hybridized carbons (Fsp3) is 0.697. The average molecular weight is 1190 g/mol. The lowest BCUT2D eigenvalue weighted by Gasteiger charge is -2.25. The molecule has 2 unspecified atom stereocenters. The van der Waals surface area contributed by atoms with Gasteiger partial charge in [-0.1, -0.05) is 289 Å². The fourth-order valence-electron chi connectivity index (χ4n) is 9.48. The van der Waals surface area contributed by atoms with E-state index in [1.807, 2.05) is 21.1 Å². The van der Waals surface area contributed by atoms with Crippen LogP contribution in [-0.2, 0) is 33.3 Å². The minimum Gasteiger partial charge on any atom is -0.477 e. The SMILES string of the molecule is CC/C=C\C/C=C\C/C=C\C/C=C\C/C=C\C/C=C\CCCCCCCCCCCCCCCCCCCCC(=O)OC(COC(=O)CCCCCCCCCCCC/C=C\C/C=C\C/C=C\C/C=C\CC)COC(OCC[N+](C)(C)C)C(=O)O. The minimum absolute atomic E-state index is 0.183. The van der Waals surface area contributed by atoms with Crippen molar-refractivity contribution in [2.45, 2.75) is 296 Å². The van der Waals surface area contributed by atoms with Crippen LogP contribution in [0.15, 0.2) is 122 Å². The number of ether oxygens (including phenoxy) is 4. The highest BCUT2D eigenvalue weighted by Gasteiger charge is 2.25. The summed E-state index contributed by atoms with van der Waals surface area (Å²) in [5.74, 6) is -2.01. The van der Waals surface area contributed by atoms with Crippen molar-refractivity contribution >= 4 is 17.9 Å². The average Bonchev–Trinajstić information content (AvgIpc) is 3.48. The van der Waals surface area contributed by atoms with Crippen LogP contribution in [0.5, 0.6) is 0 Å². The molecule has 0 amide bonds. The number of aliphatic carboxylic acids is 1. The van der Waals surface area contributed by atoms with Crippen LogP contribution in [0, 0.1) is 0 Å². The van der Waals surface area contributed by atoms with E-state index < -0.39 is 24.3 Å². The van der Waals surface area contributed by atoms with Crippen LogP contribution < -0.4 is 0 Å². The fourth-order valence-corrected chi connectivity index (χ4v) is 9.48. The number of esters is 2. The van der Waals surface area contributed by atoms with Gasteiger partial charge in [-0.15, -0.1) is 0 Å². The van der Waals surface area contributed by atoms with Crippen LogP contribution in [-0.4, -0.2) is 87.4 Å². The van der Waals surface area contributed by atoms with Gasteiger partial charge in [0.25, 0.3) is 6.29 Å². The third-order valence-corrected chi connectivity index (χ3v) is 14.7. The van der Waals surface area contributed by atoms with E-state index in [1.54, 1.807) is 0 Å². The van der Waals surface area contributed by atoms with E-state index in [0.29, 0.717) is 17.4 Å². The third kappa shape index (κ3) is 67.1. The molecule has 1 N–H and O–H groups in total. The Morgan fingerprint density at radius 1 is 0.353 bits per heavy atom. The molecule has 0 rings (SSSR count). The van der Waals surface area contributed by atoms with Gasteiger partial charge in [0.15, 0.2) is 6.10 Å². The number of carboxylic acid groups (broad SMARTS) is 1. The van der Waals surface area contributed by atoms with E-state index in [2.05, 4.69) is 135 Å². The van der Waals surface area contributed by atoms with E-state index in [9.17, 15) is 19.5 Å². The highest BCUT2D eigenvalue weighted by Crippen LogP contribution is 2.17. The monoisotopic (exact) mass is 1180 g/mol. The number of quaternary nitrogens is 1. The van der Waals surface area contributed by atoms with Gasteiger partial charge < -0.3 is 28.5 Å². The second-order valence-electron chi connectivity index (χ2n) is 24.1. The standard InChI is InChI=1S/C76H129NO8/c1-6-8-10-12-14-16-18-20-22-24-26-28-30-31-32-33-34-35-36-37-38-39-40-41-42-43-45-47-49-51-53-55-57-59-61-63-65-67-74(79)85-72(71-84-76(75(80)81)82-69-68-77(3,4)5)70-83-73(78)66-64-62-60-58-56-54-52-50-48-46-44-29-27-25-23-21-19-17-15-13-11-9-7-2/h8-11,14-17,20-23,26-29,31-32,34-35,72,76H,6-7,12-13,18-19,24-25,30,33,36-71H2,1-5H3/p+1/b10-8-,11-9-,16-14-,17-15-,22-20-,23-21-,28-26-,29-27-,32-31-,35-34-. The van der Waals surface area contributed by atoms with Crippen molar-refractivity contribution < 1.29 is 42.9 Å². The normalized spacial score (nSPS) is 13.5. The van der Waals surface area contributed by atoms with Gasteiger partial charge in [0, 0.05) is 12.8 Å². The van der Waals surface area contributed by atoms with Gasteiger partial charge in [-0.05, 0) is 103 Å². The molecule has 0 bridgehead atoms. The maximum atomic E-state index is 12.9. The van der Waals surface area contributed by atoms with Gasteiger partial charge in [0.1, 0.15) is 13.2 Å². The van der Waals surface area contributed by atoms with Gasteiger partial charge in [-0.25, -0.2) is 4.79 Å². The highest BCUT2D eigenvalue weighted by molar-refractivity contribution is 5.71. The van der Waals surface area contributed by atoms with E-state index >= 15 is 0 Å². The van der Waals surface area contributed by atoms with Crippen LogP contribution in [0.4, 0.5) is 0 Å². The zero-order valence-corrected chi connectivity index (χ0v) is 55.5. The Kier molecular flexibility index (Phi) is 62.3. The molecule has 0 saturated heterocycles. The molecular weight excluding hydrogens is 1050 g/mol. The van der Waals surface area contributed by atoms with Crippen molar-refractivity contribution in [3.63, 3.8) is 0 Å². The summed E-state index contributed by atoms with van der Waals surface area (Å²) in [6.07, 6.45) is 90.2. The molecule has 0 aliphatic carbocycles. The molecule has 0 radical (unpaired) electrons. The molecule has 9 nitrogen and oxygen atoms in total. The maximum absolute atomic E-state index is 12.9. The quantitative estimate of drug-likeness (QED) is 0.0211. The first-order chi connectivity index (χ1) is 41.6. The molecule has 0 spiro atoms. The Hall–Kier alpha value is -4.31. The molecule has 0 fully saturated rings. The van der Waals surface area contributed by atoms with Gasteiger partial charge in [0.2, 0.25) is 0 Å². The lowest BCUT2D eigenvalue weighted by Crippen LogP contribution is -2.40. The van der Waals surface area contributed by atoms with Crippen molar-refractivity contribution in [2.24, 2.45) is 0 Å². The number of nitrogens with zero attached hydrogens (tertiary/aromatic N) is 1. The van der Waals surface area contributed by atoms with Crippen LogP contribution >= 0.6 is 0 Å². The van der Waals surface area contributed by atoms with E-state index in [1.165, 1.54) is 148 Å². The summed E-state index contributed by atoms with van der Waals surface area (Å²) in [4.78, 5) is 37.6. The predicted molar refractivity (Wildman–Crippen MR) is 364 cm³/mol. The highest BCUT2D eigenvalue weighted by atomic mass is 16.7. The number of unbranched alkanes of at least 4 members (excludes halogenated alkanes) is 28. The van der Waals surface area contributed by atoms with E-state index in [4.69, 9.17) is 18.9 Å². The predicted octanol–water partition coefficient (Wildman–Crippen LogP) is 21.6. The van der Waals surface area contributed by atoms with Crippen molar-refractivity contribution in [1.29, 1.82) is 0 Å². The summed E-state index contributed by atoms with van der Waals surface area (Å²) in [5, 5.41) is 9.74. The molecule has 0 aliphatic heterocycles. The van der Waals surface area contributed by atoms with Gasteiger partial charge in [-0.3, -0.25) is 9.59 Å². The zero-order chi connectivity index (χ0) is 61.9. The number of carboxylic acids is 1. The first-order valence-electron chi connectivity index (χ1n) is 34.7. The Labute approximate surface area is 523 Å². The Bertz CT molecular complexity index is 1810. The number of hydrogen-bond donors (Lipinski definition) is 1. The summed E-state index contributed by atoms with van der Waals surface area (Å²) >= 11 is 0. The van der Waals surface area contributed by atoms with Crippen LogP contribution in [0.2, 0.25) is 0 Å². The molecule has 486 valence electrons. The third-order valence-electron chi connectivity index (χ3n) is 14.7. The Morgan fingerprint density at radius 2 is 0.635 bits per heavy atom. The number of carbonyl (C=O) groups is 3. The number of hydrogen-bond acceptors (Lipinski definition) is 7. The molecule has 0 aromatic carbocycles. The molecule has 0 saturated carbocycles. The van der Waals surface area contributed by atoms with Gasteiger partial charge in [-0.2, -0.15) is 0 Å². The van der Waals surface area contributed by atoms with Crippen LogP contribution in [0.1, 0.15) is 284 Å². The summed E-state index contributed by atoms with van der Waals surface area (Å²) in [7, 11) is 5.97. The topological polar surface area (TPSA) is 108 Å². The first-order valence-corrected chi connectivity index (χ1v) is 34.7. The lowest BCUT2D eigenvalue weighted by molar-refractivity contribution is -0.870. The van der Waals surface area contributed by atoms with E-state index in [-0.39, 0.29) is 32.2 Å². The number of likely N-dealkylation sites (N-methyl/N-ethyl adjacent to an activating group) is 1. The van der Waals surface area contributed by atoms with Crippen molar-refractivity contribution in [3.05, 3.63) is 122 Å². The number of carbonyl (C=O) groups excluding carboxylic acids is 2. The molecule has 9 heteroatoms. The second-order valence-corrected chi connectivity index (χ2v) is 24.1. The largest absolute Gasteiger partial charge is 0.477 e. The van der Waals surface area contributed by atoms with Crippen molar-refractivity contribution in [2.75, 3.05) is 47.5 Å². The smallest absolute Gasteiger partial charge is 0.361 e. The van der Waals surface area contributed by atoms with Crippen molar-refractivity contribution in [3.8, 4) is 0 Å².